The van der Waals surface area contributed by atoms with Crippen molar-refractivity contribution in [2.75, 3.05) is 56.4 Å². The largest absolute Gasteiger partial charge is 0.416 e. The average molecular weight is 916 g/mol. The Morgan fingerprint density at radius 2 is 1.31 bits per heavy atom. The summed E-state index contributed by atoms with van der Waals surface area (Å²) in [6, 6.07) is 22.2. The maximum atomic E-state index is 14.5. The lowest BCUT2D eigenvalue weighted by molar-refractivity contribution is -0.138. The van der Waals surface area contributed by atoms with Gasteiger partial charge < -0.3 is 15.1 Å². The SMILES string of the molecule is CCn1ncc2c(NC(=O)N3c4nc(-c5cccc(C(F)(F)F)c5)cc(-c5ccc(NC(=O)N6c7nc(-c8cccc(C(F)(F)F)c8)ccc7N7CC[C@H]6C7)nc5)c4N4CC[C@H]3C4)cccc21. The molecule has 0 radical (unpaired) electrons. The van der Waals surface area contributed by atoms with Gasteiger partial charge in [0.15, 0.2) is 11.6 Å². The third-order valence-electron chi connectivity index (χ3n) is 12.9. The van der Waals surface area contributed by atoms with Crippen LogP contribution in [0.3, 0.4) is 0 Å². The Kier molecular flexibility index (Phi) is 9.86. The van der Waals surface area contributed by atoms with Crippen LogP contribution in [0.25, 0.3) is 44.5 Å². The maximum absolute atomic E-state index is 14.5. The average Bonchev–Trinajstić information content (AvgIpc) is 4.07. The Morgan fingerprint density at radius 3 is 2.00 bits per heavy atom. The zero-order valence-corrected chi connectivity index (χ0v) is 35.6. The van der Waals surface area contributed by atoms with Crippen molar-refractivity contribution >= 4 is 57.5 Å². The third kappa shape index (κ3) is 7.37. The summed E-state index contributed by atoms with van der Waals surface area (Å²) in [6.07, 6.45) is -4.67. The molecule has 0 saturated carbocycles. The number of anilines is 6. The molecule has 0 spiro atoms. The summed E-state index contributed by atoms with van der Waals surface area (Å²) in [5.41, 5.74) is 3.06. The van der Waals surface area contributed by atoms with Crippen molar-refractivity contribution in [3.8, 4) is 33.6 Å². The van der Waals surface area contributed by atoms with Crippen molar-refractivity contribution in [1.82, 2.24) is 24.7 Å². The number of halogens is 6. The zero-order chi connectivity index (χ0) is 46.4. The zero-order valence-electron chi connectivity index (χ0n) is 35.6. The van der Waals surface area contributed by atoms with Gasteiger partial charge in [-0.2, -0.15) is 31.4 Å². The molecule has 19 heteroatoms. The Hall–Kier alpha value is -7.70. The number of benzene rings is 3. The van der Waals surface area contributed by atoms with E-state index in [1.165, 1.54) is 17.0 Å². The van der Waals surface area contributed by atoms with E-state index in [-0.39, 0.29) is 46.2 Å². The lowest BCUT2D eigenvalue weighted by atomic mass is 9.99. The van der Waals surface area contributed by atoms with E-state index in [4.69, 9.17) is 9.97 Å². The predicted molar refractivity (Wildman–Crippen MR) is 242 cm³/mol. The van der Waals surface area contributed by atoms with Gasteiger partial charge in [0.25, 0.3) is 0 Å². The van der Waals surface area contributed by atoms with Gasteiger partial charge in [-0.05, 0) is 86.5 Å². The van der Waals surface area contributed by atoms with Crippen molar-refractivity contribution in [3.05, 3.63) is 121 Å². The van der Waals surface area contributed by atoms with Gasteiger partial charge in [-0.15, -0.1) is 0 Å². The Labute approximate surface area is 378 Å². The number of pyridine rings is 3. The van der Waals surface area contributed by atoms with Crippen LogP contribution in [0.2, 0.25) is 0 Å². The molecule has 0 aliphatic carbocycles. The van der Waals surface area contributed by atoms with Crippen LogP contribution < -0.4 is 30.2 Å². The fourth-order valence-corrected chi connectivity index (χ4v) is 9.74. The second-order valence-corrected chi connectivity index (χ2v) is 16.9. The number of alkyl halides is 6. The van der Waals surface area contributed by atoms with E-state index in [1.54, 1.807) is 65.8 Å². The number of carbonyl (C=O) groups is 2. The van der Waals surface area contributed by atoms with Crippen LogP contribution in [0.4, 0.5) is 70.4 Å². The lowest BCUT2D eigenvalue weighted by Crippen LogP contribution is -2.48. The first kappa shape index (κ1) is 42.0. The number of hydrogen-bond donors (Lipinski definition) is 2. The van der Waals surface area contributed by atoms with Crippen molar-refractivity contribution in [2.45, 2.75) is 50.7 Å². The fraction of sp³-hybridized carbons (Fsp3) is 0.250. The van der Waals surface area contributed by atoms with Crippen LogP contribution in [0.15, 0.2) is 109 Å². The molecule has 4 bridgehead atoms. The van der Waals surface area contributed by atoms with E-state index in [9.17, 15) is 35.9 Å². The molecule has 13 nitrogen and oxygen atoms in total. The van der Waals surface area contributed by atoms with E-state index in [0.717, 1.165) is 35.2 Å². The number of urea groups is 2. The van der Waals surface area contributed by atoms with Gasteiger partial charge in [-0.3, -0.25) is 19.8 Å². The molecule has 4 aliphatic rings. The molecule has 67 heavy (non-hydrogen) atoms. The van der Waals surface area contributed by atoms with Gasteiger partial charge in [0.2, 0.25) is 0 Å². The standard InChI is InChI=1S/C48H39F6N11O2/c1-2-63-39-11-5-10-37(35(39)24-56-63)59-45(66)65-33-17-19-62(26-33)42-34(22-38(58-44(42)65)28-7-4-9-31(21-28)48(52,53)54)29-12-15-41(55-23-29)60-46(67)64-32-16-18-61(25-32)40-14-13-36(57-43(40)64)27-6-3-8-30(20-27)47(49,50)51/h3-15,20-24,32-33H,2,16-19,25-26H2,1H3,(H,59,66)(H,55,60,67)/t32-,33-/m0/s1. The van der Waals surface area contributed by atoms with Crippen LogP contribution in [-0.2, 0) is 18.9 Å². The molecule has 4 amide bonds. The van der Waals surface area contributed by atoms with E-state index < -0.39 is 35.5 Å². The molecule has 0 unspecified atom stereocenters. The number of carbonyl (C=O) groups excluding carboxylic acids is 2. The van der Waals surface area contributed by atoms with Crippen LogP contribution in [-0.4, -0.2) is 75.1 Å². The second kappa shape index (κ2) is 15.7. The quantitative estimate of drug-likeness (QED) is 0.158. The van der Waals surface area contributed by atoms with Gasteiger partial charge in [-0.25, -0.2) is 24.5 Å². The minimum Gasteiger partial charge on any atom is -0.366 e. The van der Waals surface area contributed by atoms with Gasteiger partial charge in [0.1, 0.15) is 5.82 Å². The van der Waals surface area contributed by atoms with Crippen molar-refractivity contribution in [2.24, 2.45) is 0 Å². The molecular weight excluding hydrogens is 877 g/mol. The van der Waals surface area contributed by atoms with E-state index in [0.29, 0.717) is 79.6 Å². The topological polar surface area (TPSA) is 128 Å². The summed E-state index contributed by atoms with van der Waals surface area (Å²) in [5.74, 6) is 0.776. The number of aryl methyl sites for hydroxylation is 1. The lowest BCUT2D eigenvalue weighted by Gasteiger charge is -2.37. The first-order chi connectivity index (χ1) is 32.2. The van der Waals surface area contributed by atoms with Gasteiger partial charge in [-0.1, -0.05) is 30.3 Å². The minimum atomic E-state index is -4.62. The summed E-state index contributed by atoms with van der Waals surface area (Å²) in [5, 5.41) is 11.2. The van der Waals surface area contributed by atoms with Crippen LogP contribution in [0.1, 0.15) is 30.9 Å². The van der Waals surface area contributed by atoms with Crippen molar-refractivity contribution < 1.29 is 35.9 Å². The Bertz CT molecular complexity index is 3120. The van der Waals surface area contributed by atoms with Gasteiger partial charge in [0, 0.05) is 66.6 Å². The van der Waals surface area contributed by atoms with Crippen LogP contribution >= 0.6 is 0 Å². The molecule has 2 saturated heterocycles. The fourth-order valence-electron chi connectivity index (χ4n) is 9.74. The molecule has 4 aromatic heterocycles. The third-order valence-corrected chi connectivity index (χ3v) is 12.9. The van der Waals surface area contributed by atoms with Crippen molar-refractivity contribution in [3.63, 3.8) is 0 Å². The van der Waals surface area contributed by atoms with Gasteiger partial charge in [0.05, 0.1) is 63.4 Å². The number of nitrogens with one attached hydrogen (secondary N) is 2. The molecule has 7 aromatic rings. The summed E-state index contributed by atoms with van der Waals surface area (Å²) in [4.78, 5) is 50.4. The number of amides is 4. The molecule has 11 rings (SSSR count). The van der Waals surface area contributed by atoms with Crippen LogP contribution in [0.5, 0.6) is 0 Å². The number of fused-ring (bicyclic) bond motifs is 9. The van der Waals surface area contributed by atoms with Crippen LogP contribution in [0, 0.1) is 0 Å². The number of hydrogen-bond acceptors (Lipinski definition) is 8. The van der Waals surface area contributed by atoms with E-state index in [1.807, 2.05) is 23.7 Å². The van der Waals surface area contributed by atoms with E-state index >= 15 is 0 Å². The molecule has 8 heterocycles. The molecular formula is C48H39F6N11O2. The summed E-state index contributed by atoms with van der Waals surface area (Å²) in [6.45, 7) is 4.87. The summed E-state index contributed by atoms with van der Waals surface area (Å²) >= 11 is 0. The summed E-state index contributed by atoms with van der Waals surface area (Å²) in [7, 11) is 0. The monoisotopic (exact) mass is 915 g/mol. The van der Waals surface area contributed by atoms with E-state index in [2.05, 4.69) is 30.5 Å². The highest BCUT2D eigenvalue weighted by atomic mass is 19.4. The number of nitrogens with zero attached hydrogens (tertiary/aromatic N) is 9. The molecule has 2 fully saturated rings. The Morgan fingerprint density at radius 1 is 0.672 bits per heavy atom. The van der Waals surface area contributed by atoms with Crippen molar-refractivity contribution in [1.29, 1.82) is 0 Å². The smallest absolute Gasteiger partial charge is 0.366 e. The first-order valence-corrected chi connectivity index (χ1v) is 21.7. The normalized spacial score (nSPS) is 17.5. The molecule has 3 aromatic carbocycles. The second-order valence-electron chi connectivity index (χ2n) is 16.9. The number of aromatic nitrogens is 5. The molecule has 2 atom stereocenters. The molecule has 340 valence electrons. The maximum Gasteiger partial charge on any atom is 0.416 e. The number of rotatable bonds is 6. The highest BCUT2D eigenvalue weighted by Crippen LogP contribution is 2.48. The minimum absolute atomic E-state index is 0.189. The summed E-state index contributed by atoms with van der Waals surface area (Å²) < 4.78 is 84.8. The first-order valence-electron chi connectivity index (χ1n) is 21.7. The highest BCUT2D eigenvalue weighted by molar-refractivity contribution is 6.10. The predicted octanol–water partition coefficient (Wildman–Crippen LogP) is 10.5. The molecule has 2 N–H and O–H groups in total. The van der Waals surface area contributed by atoms with Gasteiger partial charge >= 0.3 is 24.4 Å². The molecule has 4 aliphatic heterocycles. The highest BCUT2D eigenvalue weighted by Gasteiger charge is 2.43. The Balaban J connectivity index is 0.943.